The first-order valence-electron chi connectivity index (χ1n) is 8.91. The monoisotopic (exact) mass is 374 g/mol. The third-order valence-electron chi connectivity index (χ3n) is 4.72. The van der Waals surface area contributed by atoms with Crippen molar-refractivity contribution in [2.75, 3.05) is 0 Å². The van der Waals surface area contributed by atoms with Crippen LogP contribution in [0.25, 0.3) is 22.3 Å². The summed E-state index contributed by atoms with van der Waals surface area (Å²) >= 11 is 0. The van der Waals surface area contributed by atoms with Gasteiger partial charge >= 0.3 is 23.1 Å². The molecule has 0 spiro atoms. The molecule has 0 unspecified atom stereocenters. The summed E-state index contributed by atoms with van der Waals surface area (Å²) in [4.78, 5) is 0. The van der Waals surface area contributed by atoms with Crippen LogP contribution in [0.3, 0.4) is 0 Å². The van der Waals surface area contributed by atoms with Crippen molar-refractivity contribution in [2.45, 2.75) is 6.42 Å². The van der Waals surface area contributed by atoms with Gasteiger partial charge in [-0.1, -0.05) is 108 Å². The Labute approximate surface area is 181 Å². The van der Waals surface area contributed by atoms with Gasteiger partial charge < -0.3 is 10.2 Å². The van der Waals surface area contributed by atoms with Crippen LogP contribution in [-0.4, -0.2) is 23.1 Å². The zero-order chi connectivity index (χ0) is 18.6. The van der Waals surface area contributed by atoms with Gasteiger partial charge in [-0.15, -0.1) is 11.5 Å². The minimum absolute atomic E-state index is 0. The van der Waals surface area contributed by atoms with E-state index in [1.807, 2.05) is 84.9 Å². The summed E-state index contributed by atoms with van der Waals surface area (Å²) in [6.45, 7) is 0. The Bertz CT molecular complexity index is 973. The Morgan fingerprint density at radius 3 is 1.25 bits per heavy atom. The Morgan fingerprint density at radius 1 is 0.464 bits per heavy atom. The normalized spacial score (nSPS) is 10.3. The summed E-state index contributed by atoms with van der Waals surface area (Å²) in [7, 11) is 0. The van der Waals surface area contributed by atoms with Crippen molar-refractivity contribution < 1.29 is 10.2 Å². The average Bonchev–Trinajstić information content (AvgIpc) is 2.72. The van der Waals surface area contributed by atoms with Crippen molar-refractivity contribution in [3.63, 3.8) is 0 Å². The predicted octanol–water partition coefficient (Wildman–Crippen LogP) is 4.38. The fraction of sp³-hybridized carbons (Fsp3) is 0.0400. The SMILES string of the molecule is [Mg+2].[O-]c1ccc(-c2ccccc2)cc1Cc1cc(-c2ccccc2)ccc1[O-]. The van der Waals surface area contributed by atoms with E-state index in [2.05, 4.69) is 0 Å². The summed E-state index contributed by atoms with van der Waals surface area (Å²) in [5.41, 5.74) is 5.35. The Hall–Kier alpha value is -2.75. The molecule has 0 bridgehead atoms. The summed E-state index contributed by atoms with van der Waals surface area (Å²) < 4.78 is 0. The fourth-order valence-corrected chi connectivity index (χ4v) is 3.26. The third-order valence-corrected chi connectivity index (χ3v) is 4.72. The topological polar surface area (TPSA) is 46.1 Å². The molecule has 4 rings (SSSR count). The van der Waals surface area contributed by atoms with Crippen molar-refractivity contribution in [3.05, 3.63) is 108 Å². The van der Waals surface area contributed by atoms with E-state index in [0.29, 0.717) is 17.5 Å². The van der Waals surface area contributed by atoms with Gasteiger partial charge in [0.25, 0.3) is 0 Å². The minimum atomic E-state index is -0.0424. The van der Waals surface area contributed by atoms with Crippen LogP contribution in [0, 0.1) is 0 Å². The largest absolute Gasteiger partial charge is 2.00 e. The molecule has 0 amide bonds. The number of hydrogen-bond donors (Lipinski definition) is 0. The van der Waals surface area contributed by atoms with Gasteiger partial charge in [-0.05, 0) is 28.7 Å². The van der Waals surface area contributed by atoms with Crippen LogP contribution < -0.4 is 10.2 Å². The summed E-state index contributed by atoms with van der Waals surface area (Å²) in [6, 6.07) is 30.5. The van der Waals surface area contributed by atoms with E-state index in [-0.39, 0.29) is 34.6 Å². The maximum Gasteiger partial charge on any atom is 2.00 e. The van der Waals surface area contributed by atoms with E-state index in [9.17, 15) is 10.2 Å². The maximum atomic E-state index is 12.4. The van der Waals surface area contributed by atoms with Crippen molar-refractivity contribution in [3.8, 4) is 33.8 Å². The van der Waals surface area contributed by atoms with Crippen LogP contribution in [0.5, 0.6) is 11.5 Å². The first-order valence-corrected chi connectivity index (χ1v) is 8.91. The second-order valence-corrected chi connectivity index (χ2v) is 6.55. The molecule has 2 nitrogen and oxygen atoms in total. The van der Waals surface area contributed by atoms with Crippen LogP contribution >= 0.6 is 0 Å². The zero-order valence-electron chi connectivity index (χ0n) is 15.5. The van der Waals surface area contributed by atoms with Gasteiger partial charge in [0.15, 0.2) is 0 Å². The van der Waals surface area contributed by atoms with Gasteiger partial charge in [0.2, 0.25) is 0 Å². The third kappa shape index (κ3) is 4.38. The summed E-state index contributed by atoms with van der Waals surface area (Å²) in [5, 5.41) is 24.7. The average molecular weight is 375 g/mol. The molecule has 4 aromatic carbocycles. The van der Waals surface area contributed by atoms with Gasteiger partial charge in [0.05, 0.1) is 0 Å². The Balaban J connectivity index is 0.00000225. The molecule has 0 heterocycles. The predicted molar refractivity (Wildman–Crippen MR) is 111 cm³/mol. The summed E-state index contributed by atoms with van der Waals surface area (Å²) in [6.07, 6.45) is 0.332. The van der Waals surface area contributed by atoms with Gasteiger partial charge in [-0.3, -0.25) is 0 Å². The first-order chi connectivity index (χ1) is 13.2. The standard InChI is InChI=1S/C25H20O2.Mg/c26-24-13-11-20(18-7-3-1-4-8-18)15-22(24)17-23-16-21(12-14-25(23)27)19-9-5-2-6-10-19;/h1-16,26-27H,17H2;/q;+2/p-2. The fourth-order valence-electron chi connectivity index (χ4n) is 3.26. The minimum Gasteiger partial charge on any atom is -0.872 e. The van der Waals surface area contributed by atoms with Crippen LogP contribution in [0.4, 0.5) is 0 Å². The second-order valence-electron chi connectivity index (χ2n) is 6.55. The second kappa shape index (κ2) is 8.96. The maximum absolute atomic E-state index is 12.4. The van der Waals surface area contributed by atoms with Crippen LogP contribution in [-0.2, 0) is 6.42 Å². The van der Waals surface area contributed by atoms with E-state index >= 15 is 0 Å². The molecule has 4 aromatic rings. The molecule has 132 valence electrons. The Morgan fingerprint density at radius 2 is 0.857 bits per heavy atom. The van der Waals surface area contributed by atoms with E-state index < -0.39 is 0 Å². The molecule has 0 aliphatic heterocycles. The molecule has 0 aromatic heterocycles. The quantitative estimate of drug-likeness (QED) is 0.498. The van der Waals surface area contributed by atoms with E-state index in [4.69, 9.17) is 0 Å². The van der Waals surface area contributed by atoms with E-state index in [1.54, 1.807) is 12.1 Å². The number of rotatable bonds is 4. The molecular formula is C25H18MgO2. The molecule has 3 heteroatoms. The summed E-state index contributed by atoms with van der Waals surface area (Å²) in [5.74, 6) is -0.0848. The van der Waals surface area contributed by atoms with Crippen molar-refractivity contribution in [1.82, 2.24) is 0 Å². The van der Waals surface area contributed by atoms with Gasteiger partial charge in [0, 0.05) is 0 Å². The number of hydrogen-bond acceptors (Lipinski definition) is 2. The van der Waals surface area contributed by atoms with Crippen molar-refractivity contribution in [1.29, 1.82) is 0 Å². The smallest absolute Gasteiger partial charge is 0.872 e. The molecule has 0 aliphatic carbocycles. The molecule has 0 atom stereocenters. The first kappa shape index (κ1) is 20.0. The van der Waals surface area contributed by atoms with Crippen LogP contribution in [0.2, 0.25) is 0 Å². The van der Waals surface area contributed by atoms with Gasteiger partial charge in [0.1, 0.15) is 0 Å². The van der Waals surface area contributed by atoms with Gasteiger partial charge in [-0.2, -0.15) is 0 Å². The molecule has 0 N–H and O–H groups in total. The molecular weight excluding hydrogens is 357 g/mol. The zero-order valence-corrected chi connectivity index (χ0v) is 16.9. The molecule has 0 radical (unpaired) electrons. The molecule has 0 fully saturated rings. The van der Waals surface area contributed by atoms with E-state index in [0.717, 1.165) is 22.3 Å². The van der Waals surface area contributed by atoms with E-state index in [1.165, 1.54) is 0 Å². The van der Waals surface area contributed by atoms with Crippen LogP contribution in [0.1, 0.15) is 11.1 Å². The molecule has 0 saturated carbocycles. The number of benzene rings is 4. The molecule has 0 saturated heterocycles. The Kier molecular flexibility index (Phi) is 6.40. The molecule has 28 heavy (non-hydrogen) atoms. The van der Waals surface area contributed by atoms with Crippen molar-refractivity contribution in [2.24, 2.45) is 0 Å². The van der Waals surface area contributed by atoms with Gasteiger partial charge in [-0.25, -0.2) is 0 Å². The van der Waals surface area contributed by atoms with Crippen LogP contribution in [0.15, 0.2) is 97.1 Å². The van der Waals surface area contributed by atoms with Crippen molar-refractivity contribution >= 4 is 23.1 Å². The molecule has 0 aliphatic rings.